The molecule has 0 heterocycles. The molecular weight excluding hydrogens is 200 g/mol. The Labute approximate surface area is 96.9 Å². The molecule has 0 radical (unpaired) electrons. The average molecular weight is 218 g/mol. The zero-order valence-electron chi connectivity index (χ0n) is 9.90. The van der Waals surface area contributed by atoms with Crippen LogP contribution in [0.1, 0.15) is 29.8 Å². The van der Waals surface area contributed by atoms with Crippen molar-refractivity contribution in [3.63, 3.8) is 0 Å². The minimum Gasteiger partial charge on any atom is -0.493 e. The summed E-state index contributed by atoms with van der Waals surface area (Å²) in [5.41, 5.74) is 1.69. The molecule has 0 saturated carbocycles. The number of hydrogen-bond acceptors (Lipinski definition) is 2. The van der Waals surface area contributed by atoms with Crippen LogP contribution in [0.25, 0.3) is 0 Å². The third-order valence-corrected chi connectivity index (χ3v) is 2.16. The first kappa shape index (κ1) is 12.5. The van der Waals surface area contributed by atoms with Crippen LogP contribution < -0.4 is 4.74 Å². The first-order chi connectivity index (χ1) is 7.67. The van der Waals surface area contributed by atoms with Crippen molar-refractivity contribution in [3.05, 3.63) is 42.0 Å². The van der Waals surface area contributed by atoms with E-state index in [-0.39, 0.29) is 0 Å². The van der Waals surface area contributed by atoms with Gasteiger partial charge in [-0.2, -0.15) is 0 Å². The fourth-order valence-corrected chi connectivity index (χ4v) is 1.38. The van der Waals surface area contributed by atoms with Gasteiger partial charge in [-0.05, 0) is 36.1 Å². The van der Waals surface area contributed by atoms with Gasteiger partial charge in [-0.1, -0.05) is 19.9 Å². The molecule has 0 N–H and O–H groups in total. The monoisotopic (exact) mass is 218 g/mol. The Bertz CT molecular complexity index is 367. The average Bonchev–Trinajstić information content (AvgIpc) is 2.27. The highest BCUT2D eigenvalue weighted by atomic mass is 16.5. The van der Waals surface area contributed by atoms with Crippen molar-refractivity contribution in [2.45, 2.75) is 20.3 Å². The highest BCUT2D eigenvalue weighted by molar-refractivity contribution is 5.75. The molecule has 0 aliphatic rings. The molecule has 0 aliphatic heterocycles. The normalized spacial score (nSPS) is 10.2. The van der Waals surface area contributed by atoms with E-state index in [1.807, 2.05) is 18.2 Å². The van der Waals surface area contributed by atoms with Crippen LogP contribution in [0.4, 0.5) is 0 Å². The maximum Gasteiger partial charge on any atom is 0.150 e. The number of benzene rings is 1. The topological polar surface area (TPSA) is 26.3 Å². The smallest absolute Gasteiger partial charge is 0.150 e. The Hall–Kier alpha value is -1.57. The third-order valence-electron chi connectivity index (χ3n) is 2.16. The van der Waals surface area contributed by atoms with Crippen LogP contribution in [-0.4, -0.2) is 12.9 Å². The van der Waals surface area contributed by atoms with Crippen molar-refractivity contribution in [1.82, 2.24) is 0 Å². The lowest BCUT2D eigenvalue weighted by Crippen LogP contribution is -2.06. The zero-order valence-corrected chi connectivity index (χ0v) is 9.90. The molecule has 0 atom stereocenters. The third kappa shape index (κ3) is 3.54. The molecule has 1 rings (SSSR count). The summed E-state index contributed by atoms with van der Waals surface area (Å²) in [6.07, 6.45) is 3.38. The second-order valence-electron chi connectivity index (χ2n) is 4.18. The van der Waals surface area contributed by atoms with Crippen molar-refractivity contribution in [1.29, 1.82) is 0 Å². The summed E-state index contributed by atoms with van der Waals surface area (Å²) in [7, 11) is 0. The lowest BCUT2D eigenvalue weighted by Gasteiger charge is -2.12. The van der Waals surface area contributed by atoms with Crippen LogP contribution in [0.5, 0.6) is 5.75 Å². The predicted octanol–water partition coefficient (Wildman–Crippen LogP) is 3.26. The molecule has 0 saturated heterocycles. The van der Waals surface area contributed by atoms with Crippen LogP contribution in [-0.2, 0) is 6.42 Å². The van der Waals surface area contributed by atoms with Crippen LogP contribution in [0, 0.1) is 5.92 Å². The largest absolute Gasteiger partial charge is 0.493 e. The number of allylic oxidation sites excluding steroid dienone is 1. The van der Waals surface area contributed by atoms with E-state index in [1.54, 1.807) is 6.07 Å². The van der Waals surface area contributed by atoms with E-state index in [0.717, 1.165) is 24.0 Å². The molecule has 0 spiro atoms. The number of ether oxygens (including phenoxy) is 1. The van der Waals surface area contributed by atoms with Gasteiger partial charge >= 0.3 is 0 Å². The van der Waals surface area contributed by atoms with E-state index < -0.39 is 0 Å². The van der Waals surface area contributed by atoms with Crippen molar-refractivity contribution in [3.8, 4) is 5.75 Å². The molecule has 1 aromatic carbocycles. The van der Waals surface area contributed by atoms with Gasteiger partial charge in [-0.3, -0.25) is 4.79 Å². The Balaban J connectivity index is 2.88. The summed E-state index contributed by atoms with van der Waals surface area (Å²) in [6.45, 7) is 8.60. The minimum atomic E-state index is 0.488. The summed E-state index contributed by atoms with van der Waals surface area (Å²) in [5.74, 6) is 1.33. The molecule has 0 unspecified atom stereocenters. The molecule has 2 nitrogen and oxygen atoms in total. The maximum atomic E-state index is 10.7. The van der Waals surface area contributed by atoms with Crippen LogP contribution in [0.2, 0.25) is 0 Å². The van der Waals surface area contributed by atoms with Gasteiger partial charge in [-0.25, -0.2) is 0 Å². The highest BCUT2D eigenvalue weighted by Crippen LogP contribution is 2.21. The van der Waals surface area contributed by atoms with Gasteiger partial charge in [0.05, 0.1) is 6.61 Å². The molecule has 2 heteroatoms. The van der Waals surface area contributed by atoms with Gasteiger partial charge in [0.1, 0.15) is 12.0 Å². The number of rotatable bonds is 6. The number of aldehydes is 1. The SMILES string of the molecule is C=CCc1cc(C=O)ccc1OCC(C)C. The van der Waals surface area contributed by atoms with E-state index in [9.17, 15) is 4.79 Å². The maximum absolute atomic E-state index is 10.7. The number of carbonyl (C=O) groups is 1. The molecular formula is C14H18O2. The van der Waals surface area contributed by atoms with Gasteiger partial charge in [-0.15, -0.1) is 6.58 Å². The molecule has 0 bridgehead atoms. The zero-order chi connectivity index (χ0) is 12.0. The van der Waals surface area contributed by atoms with Crippen molar-refractivity contribution < 1.29 is 9.53 Å². The van der Waals surface area contributed by atoms with E-state index in [4.69, 9.17) is 4.74 Å². The lowest BCUT2D eigenvalue weighted by molar-refractivity contribution is 0.112. The fourth-order valence-electron chi connectivity index (χ4n) is 1.38. The molecule has 0 aliphatic carbocycles. The van der Waals surface area contributed by atoms with Crippen LogP contribution >= 0.6 is 0 Å². The number of carbonyl (C=O) groups excluding carboxylic acids is 1. The Kier molecular flexibility index (Phi) is 4.77. The van der Waals surface area contributed by atoms with Gasteiger partial charge in [0, 0.05) is 5.56 Å². The summed E-state index contributed by atoms with van der Waals surface area (Å²) < 4.78 is 5.69. The Morgan fingerprint density at radius 2 is 2.19 bits per heavy atom. The van der Waals surface area contributed by atoms with E-state index in [2.05, 4.69) is 20.4 Å². The van der Waals surface area contributed by atoms with E-state index in [0.29, 0.717) is 18.1 Å². The second-order valence-corrected chi connectivity index (χ2v) is 4.18. The minimum absolute atomic E-state index is 0.488. The number of hydrogen-bond donors (Lipinski definition) is 0. The molecule has 86 valence electrons. The van der Waals surface area contributed by atoms with Gasteiger partial charge in [0.25, 0.3) is 0 Å². The van der Waals surface area contributed by atoms with Gasteiger partial charge in [0.15, 0.2) is 0 Å². The van der Waals surface area contributed by atoms with Crippen molar-refractivity contribution >= 4 is 6.29 Å². The van der Waals surface area contributed by atoms with E-state index in [1.165, 1.54) is 0 Å². The van der Waals surface area contributed by atoms with Gasteiger partial charge < -0.3 is 4.74 Å². The second kappa shape index (κ2) is 6.11. The standard InChI is InChI=1S/C14H18O2/c1-4-5-13-8-12(9-15)6-7-14(13)16-10-11(2)3/h4,6-9,11H,1,5,10H2,2-3H3. The van der Waals surface area contributed by atoms with Crippen molar-refractivity contribution in [2.75, 3.05) is 6.61 Å². The van der Waals surface area contributed by atoms with Crippen LogP contribution in [0.3, 0.4) is 0 Å². The molecule has 16 heavy (non-hydrogen) atoms. The summed E-state index contributed by atoms with van der Waals surface area (Å²) in [4.78, 5) is 10.7. The lowest BCUT2D eigenvalue weighted by atomic mass is 10.1. The first-order valence-electron chi connectivity index (χ1n) is 5.49. The molecule has 0 amide bonds. The Morgan fingerprint density at radius 1 is 1.44 bits per heavy atom. The fraction of sp³-hybridized carbons (Fsp3) is 0.357. The highest BCUT2D eigenvalue weighted by Gasteiger charge is 2.04. The predicted molar refractivity (Wildman–Crippen MR) is 66.1 cm³/mol. The Morgan fingerprint density at radius 3 is 2.75 bits per heavy atom. The van der Waals surface area contributed by atoms with Crippen molar-refractivity contribution in [2.24, 2.45) is 5.92 Å². The summed E-state index contributed by atoms with van der Waals surface area (Å²) in [5, 5.41) is 0. The van der Waals surface area contributed by atoms with Crippen LogP contribution in [0.15, 0.2) is 30.9 Å². The van der Waals surface area contributed by atoms with E-state index >= 15 is 0 Å². The summed E-state index contributed by atoms with van der Waals surface area (Å²) in [6, 6.07) is 5.48. The quantitative estimate of drug-likeness (QED) is 0.541. The van der Waals surface area contributed by atoms with Gasteiger partial charge in [0.2, 0.25) is 0 Å². The first-order valence-corrected chi connectivity index (χ1v) is 5.49. The summed E-state index contributed by atoms with van der Waals surface area (Å²) >= 11 is 0. The molecule has 0 aromatic heterocycles. The molecule has 0 fully saturated rings. The molecule has 1 aromatic rings.